The monoisotopic (exact) mass is 221 g/mol. The van der Waals surface area contributed by atoms with Crippen LogP contribution < -0.4 is 0 Å². The Hall–Kier alpha value is -1.89. The van der Waals surface area contributed by atoms with E-state index >= 15 is 0 Å². The third-order valence-electron chi connectivity index (χ3n) is 3.34. The van der Waals surface area contributed by atoms with Gasteiger partial charge in [-0.2, -0.15) is 0 Å². The molecule has 0 fully saturated rings. The van der Waals surface area contributed by atoms with Crippen LogP contribution in [0.5, 0.6) is 0 Å². The second kappa shape index (κ2) is 4.17. The molecule has 1 aliphatic carbocycles. The SMILES string of the molecule is Cc1ccc2c(c1)CCC(c1ccncc1)=C2. The topological polar surface area (TPSA) is 12.9 Å². The molecule has 0 unspecified atom stereocenters. The lowest BCUT2D eigenvalue weighted by molar-refractivity contribution is 0.996. The number of fused-ring (bicyclic) bond motifs is 1. The molecule has 0 radical (unpaired) electrons. The van der Waals surface area contributed by atoms with Crippen LogP contribution in [0.1, 0.15) is 28.7 Å². The summed E-state index contributed by atoms with van der Waals surface area (Å²) in [5.74, 6) is 0. The van der Waals surface area contributed by atoms with E-state index in [1.807, 2.05) is 12.4 Å². The van der Waals surface area contributed by atoms with Crippen LogP contribution in [-0.4, -0.2) is 4.98 Å². The summed E-state index contributed by atoms with van der Waals surface area (Å²) in [6.07, 6.45) is 8.31. The number of hydrogen-bond acceptors (Lipinski definition) is 1. The maximum absolute atomic E-state index is 4.07. The molecule has 1 aromatic heterocycles. The number of nitrogens with zero attached hydrogens (tertiary/aromatic N) is 1. The molecule has 0 aliphatic heterocycles. The molecular formula is C16H15N. The Kier molecular flexibility index (Phi) is 2.52. The number of aryl methyl sites for hydroxylation is 2. The molecule has 0 spiro atoms. The lowest BCUT2D eigenvalue weighted by Gasteiger charge is -2.17. The zero-order valence-corrected chi connectivity index (χ0v) is 9.98. The number of hydrogen-bond donors (Lipinski definition) is 0. The molecule has 0 amide bonds. The Balaban J connectivity index is 2.03. The van der Waals surface area contributed by atoms with Crippen molar-refractivity contribution in [3.63, 3.8) is 0 Å². The molecule has 0 saturated carbocycles. The van der Waals surface area contributed by atoms with Crippen LogP contribution in [0.15, 0.2) is 42.7 Å². The van der Waals surface area contributed by atoms with Gasteiger partial charge in [-0.05, 0) is 54.2 Å². The van der Waals surface area contributed by atoms with E-state index in [4.69, 9.17) is 0 Å². The minimum absolute atomic E-state index is 1.13. The van der Waals surface area contributed by atoms with Crippen LogP contribution >= 0.6 is 0 Å². The van der Waals surface area contributed by atoms with Crippen LogP contribution in [-0.2, 0) is 6.42 Å². The molecule has 0 atom stereocenters. The first kappa shape index (κ1) is 10.3. The van der Waals surface area contributed by atoms with Crippen molar-refractivity contribution in [2.24, 2.45) is 0 Å². The highest BCUT2D eigenvalue weighted by atomic mass is 14.6. The number of allylic oxidation sites excluding steroid dienone is 1. The third kappa shape index (κ3) is 2.01. The quantitative estimate of drug-likeness (QED) is 0.712. The average Bonchev–Trinajstić information content (AvgIpc) is 2.39. The summed E-state index contributed by atoms with van der Waals surface area (Å²) in [6, 6.07) is 10.9. The molecule has 17 heavy (non-hydrogen) atoms. The van der Waals surface area contributed by atoms with Crippen molar-refractivity contribution in [3.05, 3.63) is 65.0 Å². The molecule has 1 nitrogen and oxygen atoms in total. The van der Waals surface area contributed by atoms with Gasteiger partial charge < -0.3 is 0 Å². The van der Waals surface area contributed by atoms with E-state index in [0.717, 1.165) is 12.8 Å². The van der Waals surface area contributed by atoms with Crippen molar-refractivity contribution < 1.29 is 0 Å². The number of benzene rings is 1. The van der Waals surface area contributed by atoms with Crippen molar-refractivity contribution in [2.75, 3.05) is 0 Å². The second-order valence-corrected chi connectivity index (χ2v) is 4.61. The maximum atomic E-state index is 4.07. The summed E-state index contributed by atoms with van der Waals surface area (Å²) in [7, 11) is 0. The van der Waals surface area contributed by atoms with Gasteiger partial charge in [0.1, 0.15) is 0 Å². The molecular weight excluding hydrogens is 206 g/mol. The second-order valence-electron chi connectivity index (χ2n) is 4.61. The van der Waals surface area contributed by atoms with Crippen LogP contribution in [0.4, 0.5) is 0 Å². The number of pyridine rings is 1. The highest BCUT2D eigenvalue weighted by Crippen LogP contribution is 2.30. The lowest BCUT2D eigenvalue weighted by atomic mass is 9.88. The molecule has 2 aromatic rings. The first-order valence-corrected chi connectivity index (χ1v) is 6.03. The van der Waals surface area contributed by atoms with Crippen molar-refractivity contribution in [3.8, 4) is 0 Å². The maximum Gasteiger partial charge on any atom is 0.0273 e. The summed E-state index contributed by atoms with van der Waals surface area (Å²) in [6.45, 7) is 2.16. The smallest absolute Gasteiger partial charge is 0.0273 e. The van der Waals surface area contributed by atoms with Crippen molar-refractivity contribution in [2.45, 2.75) is 19.8 Å². The van der Waals surface area contributed by atoms with Gasteiger partial charge in [-0.1, -0.05) is 29.8 Å². The van der Waals surface area contributed by atoms with Gasteiger partial charge in [0.15, 0.2) is 0 Å². The van der Waals surface area contributed by atoms with Crippen molar-refractivity contribution in [1.29, 1.82) is 0 Å². The largest absolute Gasteiger partial charge is 0.265 e. The van der Waals surface area contributed by atoms with Crippen LogP contribution in [0.3, 0.4) is 0 Å². The number of aromatic nitrogens is 1. The van der Waals surface area contributed by atoms with Gasteiger partial charge in [0, 0.05) is 12.4 Å². The Labute approximate surface area is 102 Å². The van der Waals surface area contributed by atoms with Gasteiger partial charge in [-0.15, -0.1) is 0 Å². The molecule has 1 heteroatoms. The molecule has 0 saturated heterocycles. The molecule has 3 rings (SSSR count). The van der Waals surface area contributed by atoms with Crippen LogP contribution in [0.2, 0.25) is 0 Å². The minimum Gasteiger partial charge on any atom is -0.265 e. The van der Waals surface area contributed by atoms with Crippen molar-refractivity contribution in [1.82, 2.24) is 4.98 Å². The fourth-order valence-electron chi connectivity index (χ4n) is 2.41. The van der Waals surface area contributed by atoms with Gasteiger partial charge in [0.2, 0.25) is 0 Å². The van der Waals surface area contributed by atoms with Gasteiger partial charge in [0.25, 0.3) is 0 Å². The first-order valence-electron chi connectivity index (χ1n) is 6.03. The summed E-state index contributed by atoms with van der Waals surface area (Å²) in [5, 5.41) is 0. The van der Waals surface area contributed by atoms with Crippen molar-refractivity contribution >= 4 is 11.6 Å². The lowest BCUT2D eigenvalue weighted by Crippen LogP contribution is -1.99. The van der Waals surface area contributed by atoms with Gasteiger partial charge in [-0.3, -0.25) is 4.98 Å². The van der Waals surface area contributed by atoms with E-state index in [-0.39, 0.29) is 0 Å². The fourth-order valence-corrected chi connectivity index (χ4v) is 2.41. The summed E-state index contributed by atoms with van der Waals surface area (Å²) < 4.78 is 0. The Morgan fingerprint density at radius 2 is 1.82 bits per heavy atom. The standard InChI is InChI=1S/C16H15N/c1-12-2-3-16-11-15(5-4-14(16)10-12)13-6-8-17-9-7-13/h2-3,6-11H,4-5H2,1H3. The molecule has 0 bridgehead atoms. The third-order valence-corrected chi connectivity index (χ3v) is 3.34. The molecule has 1 aromatic carbocycles. The Morgan fingerprint density at radius 3 is 2.65 bits per heavy atom. The van der Waals surface area contributed by atoms with E-state index < -0.39 is 0 Å². The van der Waals surface area contributed by atoms with Crippen LogP contribution in [0, 0.1) is 6.92 Å². The highest BCUT2D eigenvalue weighted by molar-refractivity contribution is 5.84. The van der Waals surface area contributed by atoms with Gasteiger partial charge >= 0.3 is 0 Å². The molecule has 1 heterocycles. The average molecular weight is 221 g/mol. The van der Waals surface area contributed by atoms with Crippen LogP contribution in [0.25, 0.3) is 11.6 Å². The summed E-state index contributed by atoms with van der Waals surface area (Å²) in [4.78, 5) is 4.07. The molecule has 84 valence electrons. The molecule has 1 aliphatic rings. The summed E-state index contributed by atoms with van der Waals surface area (Å²) >= 11 is 0. The van der Waals surface area contributed by atoms with Gasteiger partial charge in [0.05, 0.1) is 0 Å². The predicted molar refractivity (Wildman–Crippen MR) is 71.6 cm³/mol. The molecule has 0 N–H and O–H groups in total. The normalized spacial score (nSPS) is 14.1. The number of rotatable bonds is 1. The van der Waals surface area contributed by atoms with E-state index in [0.29, 0.717) is 0 Å². The highest BCUT2D eigenvalue weighted by Gasteiger charge is 2.11. The van der Waals surface area contributed by atoms with Gasteiger partial charge in [-0.25, -0.2) is 0 Å². The van der Waals surface area contributed by atoms with E-state index in [1.54, 1.807) is 0 Å². The van der Waals surface area contributed by atoms with E-state index in [2.05, 4.69) is 48.3 Å². The Bertz CT molecular complexity index is 567. The predicted octanol–water partition coefficient (Wildman–Crippen LogP) is 3.88. The summed E-state index contributed by atoms with van der Waals surface area (Å²) in [5.41, 5.74) is 6.91. The minimum atomic E-state index is 1.13. The Morgan fingerprint density at radius 1 is 1.00 bits per heavy atom. The van der Waals surface area contributed by atoms with E-state index in [1.165, 1.54) is 27.8 Å². The fraction of sp³-hybridized carbons (Fsp3) is 0.188. The zero-order valence-electron chi connectivity index (χ0n) is 9.98. The first-order chi connectivity index (χ1) is 8.33. The van der Waals surface area contributed by atoms with E-state index in [9.17, 15) is 0 Å². The zero-order chi connectivity index (χ0) is 11.7.